The number of anilines is 1. The van der Waals surface area contributed by atoms with Gasteiger partial charge in [0.05, 0.1) is 0 Å². The van der Waals surface area contributed by atoms with Crippen molar-refractivity contribution in [2.75, 3.05) is 18.4 Å². The van der Waals surface area contributed by atoms with E-state index in [-0.39, 0.29) is 17.2 Å². The zero-order valence-corrected chi connectivity index (χ0v) is 14.3. The lowest BCUT2D eigenvalue weighted by Gasteiger charge is -2.30. The molecule has 1 unspecified atom stereocenters. The average molecular weight is 359 g/mol. The second kappa shape index (κ2) is 7.59. The largest absolute Gasteiger partial charge is 0.337 e. The van der Waals surface area contributed by atoms with E-state index in [1.54, 1.807) is 4.90 Å². The third-order valence-corrected chi connectivity index (χ3v) is 4.39. The first kappa shape index (κ1) is 18.0. The smallest absolute Gasteiger partial charge is 0.272 e. The minimum atomic E-state index is -0.869. The highest BCUT2D eigenvalue weighted by molar-refractivity contribution is 6.05. The van der Waals surface area contributed by atoms with Gasteiger partial charge < -0.3 is 10.2 Å². The molecule has 1 fully saturated rings. The molecule has 0 spiro atoms. The summed E-state index contributed by atoms with van der Waals surface area (Å²) in [5.41, 5.74) is -0.274. The van der Waals surface area contributed by atoms with E-state index in [9.17, 15) is 18.4 Å². The van der Waals surface area contributed by atoms with Gasteiger partial charge in [-0.05, 0) is 43.0 Å². The summed E-state index contributed by atoms with van der Waals surface area (Å²) in [6.07, 6.45) is 3.35. The Morgan fingerprint density at radius 1 is 1.23 bits per heavy atom. The fourth-order valence-corrected chi connectivity index (χ4v) is 3.03. The van der Waals surface area contributed by atoms with Gasteiger partial charge in [-0.1, -0.05) is 13.0 Å². The Kier molecular flexibility index (Phi) is 5.25. The third-order valence-electron chi connectivity index (χ3n) is 4.39. The Morgan fingerprint density at radius 3 is 2.65 bits per heavy atom. The van der Waals surface area contributed by atoms with Crippen LogP contribution in [-0.2, 0) is 0 Å². The molecule has 0 saturated carbocycles. The van der Waals surface area contributed by atoms with E-state index in [0.717, 1.165) is 25.0 Å². The lowest BCUT2D eigenvalue weighted by molar-refractivity contribution is 0.0677. The number of hydrogen-bond acceptors (Lipinski definition) is 3. The quantitative estimate of drug-likeness (QED) is 0.913. The van der Waals surface area contributed by atoms with Crippen LogP contribution in [0.15, 0.2) is 36.5 Å². The lowest BCUT2D eigenvalue weighted by atomic mass is 10.00. The first-order chi connectivity index (χ1) is 12.5. The number of benzene rings is 1. The van der Waals surface area contributed by atoms with Gasteiger partial charge in [0, 0.05) is 24.8 Å². The maximum absolute atomic E-state index is 13.7. The molecule has 1 N–H and O–H groups in total. The van der Waals surface area contributed by atoms with Crippen molar-refractivity contribution in [3.05, 3.63) is 59.4 Å². The Morgan fingerprint density at radius 2 is 1.96 bits per heavy atom. The number of para-hydroxylation sites is 1. The number of halogens is 2. The Balaban J connectivity index is 1.78. The van der Waals surface area contributed by atoms with Gasteiger partial charge in [-0.15, -0.1) is 0 Å². The molecular weight excluding hydrogens is 340 g/mol. The number of hydrogen-bond donors (Lipinski definition) is 1. The zero-order valence-electron chi connectivity index (χ0n) is 14.3. The highest BCUT2D eigenvalue weighted by atomic mass is 19.1. The number of likely N-dealkylation sites (tertiary alicyclic amines) is 1. The van der Waals surface area contributed by atoms with Crippen LogP contribution in [0.3, 0.4) is 0 Å². The van der Waals surface area contributed by atoms with Gasteiger partial charge in [-0.25, -0.2) is 8.78 Å². The first-order valence-corrected chi connectivity index (χ1v) is 8.46. The van der Waals surface area contributed by atoms with Crippen molar-refractivity contribution < 1.29 is 18.4 Å². The second-order valence-electron chi connectivity index (χ2n) is 6.48. The summed E-state index contributed by atoms with van der Waals surface area (Å²) in [6, 6.07) is 6.05. The molecule has 1 atom stereocenters. The molecule has 136 valence electrons. The van der Waals surface area contributed by atoms with Gasteiger partial charge in [-0.3, -0.25) is 14.6 Å². The van der Waals surface area contributed by atoms with Crippen LogP contribution < -0.4 is 5.32 Å². The van der Waals surface area contributed by atoms with E-state index in [0.29, 0.717) is 19.0 Å². The van der Waals surface area contributed by atoms with Crippen molar-refractivity contribution in [2.24, 2.45) is 5.92 Å². The average Bonchev–Trinajstić information content (AvgIpc) is 2.64. The molecule has 0 radical (unpaired) electrons. The predicted octanol–water partition coefficient (Wildman–Crippen LogP) is 3.48. The van der Waals surface area contributed by atoms with Crippen molar-refractivity contribution in [3.63, 3.8) is 0 Å². The fraction of sp³-hybridized carbons (Fsp3) is 0.316. The molecule has 7 heteroatoms. The monoisotopic (exact) mass is 359 g/mol. The number of carbonyl (C=O) groups excluding carboxylic acids is 2. The van der Waals surface area contributed by atoms with Crippen LogP contribution in [0.2, 0.25) is 0 Å². The molecular formula is C19H19F2N3O2. The van der Waals surface area contributed by atoms with E-state index in [2.05, 4.69) is 17.2 Å². The van der Waals surface area contributed by atoms with E-state index >= 15 is 0 Å². The molecule has 2 amide bonds. The lowest BCUT2D eigenvalue weighted by Crippen LogP contribution is -2.39. The van der Waals surface area contributed by atoms with Crippen molar-refractivity contribution in [1.29, 1.82) is 0 Å². The van der Waals surface area contributed by atoms with E-state index in [4.69, 9.17) is 0 Å². The first-order valence-electron chi connectivity index (χ1n) is 8.46. The SMILES string of the molecule is CC1CCCN(C(=O)c2cc(C(=O)Nc3c(F)cccc3F)ccn2)C1. The summed E-state index contributed by atoms with van der Waals surface area (Å²) in [5, 5.41) is 2.21. The molecule has 2 heterocycles. The molecule has 5 nitrogen and oxygen atoms in total. The van der Waals surface area contributed by atoms with E-state index in [1.807, 2.05) is 0 Å². The van der Waals surface area contributed by atoms with Crippen LogP contribution in [0.25, 0.3) is 0 Å². The van der Waals surface area contributed by atoms with Gasteiger partial charge in [0.2, 0.25) is 0 Å². The molecule has 1 aromatic heterocycles. The Hall–Kier alpha value is -2.83. The molecule has 1 aromatic carbocycles. The van der Waals surface area contributed by atoms with Crippen molar-refractivity contribution in [1.82, 2.24) is 9.88 Å². The van der Waals surface area contributed by atoms with Crippen LogP contribution in [0.5, 0.6) is 0 Å². The number of nitrogens with zero attached hydrogens (tertiary/aromatic N) is 2. The normalized spacial score (nSPS) is 17.0. The van der Waals surface area contributed by atoms with E-state index < -0.39 is 23.2 Å². The topological polar surface area (TPSA) is 62.3 Å². The van der Waals surface area contributed by atoms with Crippen LogP contribution in [0.4, 0.5) is 14.5 Å². The second-order valence-corrected chi connectivity index (χ2v) is 6.48. The minimum absolute atomic E-state index is 0.107. The van der Waals surface area contributed by atoms with Crippen LogP contribution >= 0.6 is 0 Å². The minimum Gasteiger partial charge on any atom is -0.337 e. The van der Waals surface area contributed by atoms with Gasteiger partial charge in [-0.2, -0.15) is 0 Å². The zero-order chi connectivity index (χ0) is 18.7. The number of amides is 2. The summed E-state index contributed by atoms with van der Waals surface area (Å²) in [7, 11) is 0. The van der Waals surface area contributed by atoms with Crippen molar-refractivity contribution in [3.8, 4) is 0 Å². The van der Waals surface area contributed by atoms with Gasteiger partial charge in [0.25, 0.3) is 11.8 Å². The molecule has 26 heavy (non-hydrogen) atoms. The molecule has 1 aliphatic heterocycles. The van der Waals surface area contributed by atoms with Crippen LogP contribution in [-0.4, -0.2) is 34.8 Å². The molecule has 1 aliphatic rings. The number of pyridine rings is 1. The summed E-state index contributed by atoms with van der Waals surface area (Å²) in [6.45, 7) is 3.39. The molecule has 3 rings (SSSR count). The van der Waals surface area contributed by atoms with Gasteiger partial charge >= 0.3 is 0 Å². The summed E-state index contributed by atoms with van der Waals surface area (Å²) < 4.78 is 27.4. The Bertz CT molecular complexity index is 821. The summed E-state index contributed by atoms with van der Waals surface area (Å²) >= 11 is 0. The molecule has 0 bridgehead atoms. The summed E-state index contributed by atoms with van der Waals surface area (Å²) in [4.78, 5) is 30.7. The van der Waals surface area contributed by atoms with Crippen LogP contribution in [0, 0.1) is 17.6 Å². The van der Waals surface area contributed by atoms with Crippen molar-refractivity contribution >= 4 is 17.5 Å². The fourth-order valence-electron chi connectivity index (χ4n) is 3.03. The number of aromatic nitrogens is 1. The standard InChI is InChI=1S/C19H19F2N3O2/c1-12-4-3-9-24(11-12)19(26)16-10-13(7-8-22-16)18(25)23-17-14(20)5-2-6-15(17)21/h2,5-8,10,12H,3-4,9,11H2,1H3,(H,23,25). The number of carbonyl (C=O) groups is 2. The Labute approximate surface area is 150 Å². The maximum Gasteiger partial charge on any atom is 0.272 e. The van der Waals surface area contributed by atoms with E-state index in [1.165, 1.54) is 24.4 Å². The highest BCUT2D eigenvalue weighted by Gasteiger charge is 2.23. The predicted molar refractivity (Wildman–Crippen MR) is 92.8 cm³/mol. The van der Waals surface area contributed by atoms with Gasteiger partial charge in [0.15, 0.2) is 0 Å². The third kappa shape index (κ3) is 3.87. The molecule has 1 saturated heterocycles. The maximum atomic E-state index is 13.7. The van der Waals surface area contributed by atoms with Crippen molar-refractivity contribution in [2.45, 2.75) is 19.8 Å². The number of piperidine rings is 1. The molecule has 2 aromatic rings. The van der Waals surface area contributed by atoms with Gasteiger partial charge in [0.1, 0.15) is 23.0 Å². The molecule has 0 aliphatic carbocycles. The number of nitrogens with one attached hydrogen (secondary N) is 1. The highest BCUT2D eigenvalue weighted by Crippen LogP contribution is 2.20. The number of rotatable bonds is 3. The van der Waals surface area contributed by atoms with Crippen LogP contribution in [0.1, 0.15) is 40.6 Å². The summed E-state index contributed by atoms with van der Waals surface area (Å²) in [5.74, 6) is -2.28.